The number of hydrogen-bond acceptors (Lipinski definition) is 6. The molecule has 0 amide bonds. The van der Waals surface area contributed by atoms with E-state index in [4.69, 9.17) is 14.5 Å². The highest BCUT2D eigenvalue weighted by Gasteiger charge is 2.40. The van der Waals surface area contributed by atoms with Gasteiger partial charge >= 0.3 is 0 Å². The van der Waals surface area contributed by atoms with Crippen molar-refractivity contribution in [3.05, 3.63) is 41.1 Å². The molecule has 6 heteroatoms. The van der Waals surface area contributed by atoms with Crippen LogP contribution in [-0.2, 0) is 9.47 Å². The zero-order valence-corrected chi connectivity index (χ0v) is 17.3. The Morgan fingerprint density at radius 3 is 2.46 bits per heavy atom. The molecule has 0 radical (unpaired) electrons. The number of rotatable bonds is 4. The summed E-state index contributed by atoms with van der Waals surface area (Å²) in [7, 11) is 0. The highest BCUT2D eigenvalue weighted by molar-refractivity contribution is 5.65. The van der Waals surface area contributed by atoms with Gasteiger partial charge in [-0.2, -0.15) is 4.98 Å². The first kappa shape index (κ1) is 19.2. The van der Waals surface area contributed by atoms with Gasteiger partial charge in [0.25, 0.3) is 0 Å². The Balaban J connectivity index is 1.55. The van der Waals surface area contributed by atoms with Gasteiger partial charge in [0.05, 0.1) is 13.2 Å². The third kappa shape index (κ3) is 3.84. The molecular formula is C22H30N4O2. The monoisotopic (exact) mass is 382 g/mol. The van der Waals surface area contributed by atoms with Gasteiger partial charge in [-0.15, -0.1) is 0 Å². The minimum Gasteiger partial charge on any atom is -0.356 e. The molecule has 6 nitrogen and oxygen atoms in total. The van der Waals surface area contributed by atoms with E-state index >= 15 is 0 Å². The van der Waals surface area contributed by atoms with E-state index in [9.17, 15) is 0 Å². The van der Waals surface area contributed by atoms with Gasteiger partial charge in [0.15, 0.2) is 5.79 Å². The van der Waals surface area contributed by atoms with Gasteiger partial charge in [-0.05, 0) is 30.9 Å². The molecule has 2 fully saturated rings. The fourth-order valence-corrected chi connectivity index (χ4v) is 4.09. The minimum atomic E-state index is -0.368. The molecule has 0 saturated carbocycles. The summed E-state index contributed by atoms with van der Waals surface area (Å²) in [6.45, 7) is 11.7. The maximum absolute atomic E-state index is 5.85. The van der Waals surface area contributed by atoms with Crippen molar-refractivity contribution in [2.24, 2.45) is 0 Å². The number of nitrogens with zero attached hydrogens (tertiary/aromatic N) is 3. The fraction of sp³-hybridized carbons (Fsp3) is 0.545. The van der Waals surface area contributed by atoms with E-state index in [2.05, 4.69) is 60.2 Å². The first-order valence-corrected chi connectivity index (χ1v) is 10.2. The van der Waals surface area contributed by atoms with E-state index in [0.717, 1.165) is 43.1 Å². The molecule has 1 aromatic heterocycles. The number of nitrogens with one attached hydrogen (secondary N) is 1. The molecule has 0 aliphatic carbocycles. The lowest BCUT2D eigenvalue weighted by molar-refractivity contribution is -0.169. The number of aryl methyl sites for hydroxylation is 2. The molecule has 150 valence electrons. The van der Waals surface area contributed by atoms with Crippen LogP contribution in [0.2, 0.25) is 0 Å². The molecule has 2 aromatic rings. The van der Waals surface area contributed by atoms with Crippen molar-refractivity contribution in [1.29, 1.82) is 0 Å². The van der Waals surface area contributed by atoms with Crippen molar-refractivity contribution in [2.75, 3.05) is 36.5 Å². The Bertz CT molecular complexity index is 836. The van der Waals surface area contributed by atoms with E-state index in [-0.39, 0.29) is 5.79 Å². The summed E-state index contributed by atoms with van der Waals surface area (Å²) in [5.41, 5.74) is 4.55. The summed E-state index contributed by atoms with van der Waals surface area (Å²) >= 11 is 0. The maximum Gasteiger partial charge on any atom is 0.229 e. The lowest BCUT2D eigenvalue weighted by Gasteiger charge is -2.38. The average Bonchev–Trinajstić information content (AvgIpc) is 3.11. The Labute approximate surface area is 167 Å². The zero-order valence-electron chi connectivity index (χ0n) is 17.3. The molecule has 2 aliphatic rings. The fourth-order valence-electron chi connectivity index (χ4n) is 4.09. The van der Waals surface area contributed by atoms with Gasteiger partial charge in [-0.25, -0.2) is 4.98 Å². The second-order valence-corrected chi connectivity index (χ2v) is 8.10. The predicted molar refractivity (Wildman–Crippen MR) is 111 cm³/mol. The Kier molecular flexibility index (Phi) is 5.25. The number of hydrogen-bond donors (Lipinski definition) is 1. The van der Waals surface area contributed by atoms with Crippen molar-refractivity contribution < 1.29 is 9.47 Å². The number of ether oxygens (including phenoxy) is 2. The summed E-state index contributed by atoms with van der Waals surface area (Å²) in [6.07, 6.45) is 1.74. The van der Waals surface area contributed by atoms with E-state index in [1.165, 1.54) is 11.1 Å². The van der Waals surface area contributed by atoms with Crippen molar-refractivity contribution >= 4 is 17.5 Å². The van der Waals surface area contributed by atoms with Crippen molar-refractivity contribution in [3.63, 3.8) is 0 Å². The maximum atomic E-state index is 5.85. The topological polar surface area (TPSA) is 59.5 Å². The van der Waals surface area contributed by atoms with E-state index in [1.54, 1.807) is 0 Å². The molecule has 3 heterocycles. The van der Waals surface area contributed by atoms with Crippen LogP contribution in [-0.4, -0.2) is 42.1 Å². The molecule has 1 N–H and O–H groups in total. The number of piperidine rings is 1. The second kappa shape index (κ2) is 7.68. The van der Waals surface area contributed by atoms with Gasteiger partial charge in [-0.3, -0.25) is 0 Å². The standard InChI is InChI=1S/C22H30N4O2/c1-15(2)18-7-5-6-16(3)20(18)25-21-23-17(4)14-19(24-21)26-10-8-22(9-11-26)27-12-13-28-22/h5-7,14-15H,8-13H2,1-4H3,(H,23,24,25). The summed E-state index contributed by atoms with van der Waals surface area (Å²) < 4.78 is 11.7. The summed E-state index contributed by atoms with van der Waals surface area (Å²) in [6, 6.07) is 8.45. The zero-order chi connectivity index (χ0) is 19.7. The lowest BCUT2D eigenvalue weighted by Crippen LogP contribution is -2.45. The van der Waals surface area contributed by atoms with Crippen LogP contribution in [0, 0.1) is 13.8 Å². The smallest absolute Gasteiger partial charge is 0.229 e. The Morgan fingerprint density at radius 2 is 1.79 bits per heavy atom. The SMILES string of the molecule is Cc1cc(N2CCC3(CC2)OCCO3)nc(Nc2c(C)cccc2C(C)C)n1. The molecular weight excluding hydrogens is 352 g/mol. The summed E-state index contributed by atoms with van der Waals surface area (Å²) in [5.74, 6) is 1.67. The van der Waals surface area contributed by atoms with Gasteiger partial charge in [0.2, 0.25) is 5.95 Å². The van der Waals surface area contributed by atoms with Crippen LogP contribution < -0.4 is 10.2 Å². The van der Waals surface area contributed by atoms with Crippen LogP contribution >= 0.6 is 0 Å². The summed E-state index contributed by atoms with van der Waals surface area (Å²) in [5, 5.41) is 3.49. The highest BCUT2D eigenvalue weighted by Crippen LogP contribution is 2.34. The minimum absolute atomic E-state index is 0.368. The molecule has 0 bridgehead atoms. The first-order chi connectivity index (χ1) is 13.5. The second-order valence-electron chi connectivity index (χ2n) is 8.10. The van der Waals surface area contributed by atoms with Crippen LogP contribution in [0.3, 0.4) is 0 Å². The molecule has 1 aromatic carbocycles. The van der Waals surface area contributed by atoms with Crippen LogP contribution in [0.1, 0.15) is 49.4 Å². The highest BCUT2D eigenvalue weighted by atomic mass is 16.7. The third-order valence-electron chi connectivity index (χ3n) is 5.67. The number of aromatic nitrogens is 2. The van der Waals surface area contributed by atoms with Crippen LogP contribution in [0.25, 0.3) is 0 Å². The van der Waals surface area contributed by atoms with E-state index in [1.807, 2.05) is 6.92 Å². The predicted octanol–water partition coefficient (Wildman–Crippen LogP) is 4.30. The molecule has 0 atom stereocenters. The molecule has 1 spiro atoms. The van der Waals surface area contributed by atoms with Gasteiger partial charge in [0, 0.05) is 43.4 Å². The van der Waals surface area contributed by atoms with Crippen LogP contribution in [0.4, 0.5) is 17.5 Å². The summed E-state index contributed by atoms with van der Waals surface area (Å²) in [4.78, 5) is 11.8. The largest absolute Gasteiger partial charge is 0.356 e. The van der Waals surface area contributed by atoms with Crippen LogP contribution in [0.15, 0.2) is 24.3 Å². The first-order valence-electron chi connectivity index (χ1n) is 10.2. The van der Waals surface area contributed by atoms with Gasteiger partial charge in [0.1, 0.15) is 5.82 Å². The van der Waals surface area contributed by atoms with Crippen molar-refractivity contribution in [2.45, 2.75) is 52.2 Å². The normalized spacial score (nSPS) is 18.8. The van der Waals surface area contributed by atoms with E-state index in [0.29, 0.717) is 25.1 Å². The Morgan fingerprint density at radius 1 is 1.07 bits per heavy atom. The molecule has 4 rings (SSSR count). The number of anilines is 3. The quantitative estimate of drug-likeness (QED) is 0.851. The van der Waals surface area contributed by atoms with Gasteiger partial charge in [-0.1, -0.05) is 32.0 Å². The number of para-hydroxylation sites is 1. The molecule has 28 heavy (non-hydrogen) atoms. The lowest BCUT2D eigenvalue weighted by atomic mass is 9.98. The van der Waals surface area contributed by atoms with Crippen LogP contribution in [0.5, 0.6) is 0 Å². The van der Waals surface area contributed by atoms with Crippen molar-refractivity contribution in [3.8, 4) is 0 Å². The molecule has 2 aliphatic heterocycles. The Hall–Kier alpha value is -2.18. The number of benzene rings is 1. The van der Waals surface area contributed by atoms with E-state index < -0.39 is 0 Å². The van der Waals surface area contributed by atoms with Crippen molar-refractivity contribution in [1.82, 2.24) is 9.97 Å². The molecule has 0 unspecified atom stereocenters. The van der Waals surface area contributed by atoms with Gasteiger partial charge < -0.3 is 19.7 Å². The average molecular weight is 383 g/mol. The third-order valence-corrected chi connectivity index (χ3v) is 5.67. The molecule has 2 saturated heterocycles.